The van der Waals surface area contributed by atoms with E-state index in [0.29, 0.717) is 11.6 Å². The van der Waals surface area contributed by atoms with Crippen LogP contribution in [0.4, 0.5) is 5.82 Å². The monoisotopic (exact) mass is 258 g/mol. The Kier molecular flexibility index (Phi) is 4.28. The SMILES string of the molecule is CCCNc1ncnc(Oc2cccnc2C)c1C. The minimum Gasteiger partial charge on any atom is -0.437 e. The van der Waals surface area contributed by atoms with Gasteiger partial charge in [-0.05, 0) is 32.4 Å². The number of pyridine rings is 1. The zero-order chi connectivity index (χ0) is 13.7. The molecule has 2 heterocycles. The second-order valence-corrected chi connectivity index (χ2v) is 4.27. The molecule has 0 atom stereocenters. The van der Waals surface area contributed by atoms with Crippen molar-refractivity contribution in [2.24, 2.45) is 0 Å². The van der Waals surface area contributed by atoms with Gasteiger partial charge in [0, 0.05) is 12.7 Å². The Bertz CT molecular complexity index is 557. The minimum atomic E-state index is 0.560. The van der Waals surface area contributed by atoms with Crippen LogP contribution in [0.1, 0.15) is 24.6 Å². The van der Waals surface area contributed by atoms with Crippen LogP contribution in [0, 0.1) is 13.8 Å². The number of hydrogen-bond donors (Lipinski definition) is 1. The van der Waals surface area contributed by atoms with Crippen molar-refractivity contribution in [3.05, 3.63) is 35.9 Å². The average molecular weight is 258 g/mol. The zero-order valence-corrected chi connectivity index (χ0v) is 11.5. The van der Waals surface area contributed by atoms with E-state index < -0.39 is 0 Å². The highest BCUT2D eigenvalue weighted by molar-refractivity contribution is 5.48. The third-order valence-corrected chi connectivity index (χ3v) is 2.75. The van der Waals surface area contributed by atoms with E-state index in [1.165, 1.54) is 6.33 Å². The Morgan fingerprint density at radius 3 is 2.79 bits per heavy atom. The maximum atomic E-state index is 5.81. The van der Waals surface area contributed by atoms with Gasteiger partial charge in [-0.2, -0.15) is 0 Å². The number of aryl methyl sites for hydroxylation is 1. The molecule has 0 fully saturated rings. The van der Waals surface area contributed by atoms with E-state index >= 15 is 0 Å². The molecule has 0 unspecified atom stereocenters. The van der Waals surface area contributed by atoms with Crippen LogP contribution in [0.5, 0.6) is 11.6 Å². The Hall–Kier alpha value is -2.17. The largest absolute Gasteiger partial charge is 0.437 e. The summed E-state index contributed by atoms with van der Waals surface area (Å²) in [7, 11) is 0. The van der Waals surface area contributed by atoms with Gasteiger partial charge in [0.05, 0.1) is 11.3 Å². The molecule has 2 aromatic heterocycles. The van der Waals surface area contributed by atoms with Crippen LogP contribution in [0.2, 0.25) is 0 Å². The maximum Gasteiger partial charge on any atom is 0.227 e. The zero-order valence-electron chi connectivity index (χ0n) is 11.5. The van der Waals surface area contributed by atoms with Crippen molar-refractivity contribution in [3.8, 4) is 11.6 Å². The normalized spacial score (nSPS) is 10.3. The topological polar surface area (TPSA) is 59.9 Å². The molecular weight excluding hydrogens is 240 g/mol. The highest BCUT2D eigenvalue weighted by Gasteiger charge is 2.10. The van der Waals surface area contributed by atoms with Crippen LogP contribution in [-0.4, -0.2) is 21.5 Å². The van der Waals surface area contributed by atoms with Crippen LogP contribution < -0.4 is 10.1 Å². The first-order chi connectivity index (χ1) is 9.22. The fraction of sp³-hybridized carbons (Fsp3) is 0.357. The third-order valence-electron chi connectivity index (χ3n) is 2.75. The van der Waals surface area contributed by atoms with E-state index in [9.17, 15) is 0 Å². The lowest BCUT2D eigenvalue weighted by Gasteiger charge is -2.12. The van der Waals surface area contributed by atoms with E-state index in [1.54, 1.807) is 6.20 Å². The molecule has 19 heavy (non-hydrogen) atoms. The van der Waals surface area contributed by atoms with Crippen LogP contribution >= 0.6 is 0 Å². The molecule has 0 aliphatic rings. The highest BCUT2D eigenvalue weighted by Crippen LogP contribution is 2.27. The molecule has 100 valence electrons. The summed E-state index contributed by atoms with van der Waals surface area (Å²) < 4.78 is 5.81. The summed E-state index contributed by atoms with van der Waals surface area (Å²) in [6.45, 7) is 6.84. The van der Waals surface area contributed by atoms with Gasteiger partial charge in [-0.15, -0.1) is 0 Å². The predicted molar refractivity (Wildman–Crippen MR) is 74.6 cm³/mol. The average Bonchev–Trinajstić information content (AvgIpc) is 2.42. The molecule has 2 rings (SSSR count). The van der Waals surface area contributed by atoms with Gasteiger partial charge in [-0.25, -0.2) is 9.97 Å². The van der Waals surface area contributed by atoms with Gasteiger partial charge in [0.15, 0.2) is 5.75 Å². The molecule has 0 aromatic carbocycles. The molecule has 0 amide bonds. The number of anilines is 1. The second kappa shape index (κ2) is 6.13. The second-order valence-electron chi connectivity index (χ2n) is 4.27. The molecule has 0 bridgehead atoms. The summed E-state index contributed by atoms with van der Waals surface area (Å²) in [5.41, 5.74) is 1.74. The summed E-state index contributed by atoms with van der Waals surface area (Å²) in [4.78, 5) is 12.6. The quantitative estimate of drug-likeness (QED) is 0.893. The smallest absolute Gasteiger partial charge is 0.227 e. The molecule has 2 aromatic rings. The number of ether oxygens (including phenoxy) is 1. The number of rotatable bonds is 5. The Morgan fingerprint density at radius 2 is 2.05 bits per heavy atom. The van der Waals surface area contributed by atoms with Crippen molar-refractivity contribution in [1.29, 1.82) is 0 Å². The van der Waals surface area contributed by atoms with Gasteiger partial charge >= 0.3 is 0 Å². The van der Waals surface area contributed by atoms with Crippen LogP contribution in [0.15, 0.2) is 24.7 Å². The first kappa shape index (κ1) is 13.3. The van der Waals surface area contributed by atoms with E-state index in [2.05, 4.69) is 27.2 Å². The van der Waals surface area contributed by atoms with E-state index in [4.69, 9.17) is 4.74 Å². The molecule has 0 spiro atoms. The van der Waals surface area contributed by atoms with Crippen molar-refractivity contribution in [1.82, 2.24) is 15.0 Å². The number of aromatic nitrogens is 3. The fourth-order valence-electron chi connectivity index (χ4n) is 1.64. The van der Waals surface area contributed by atoms with Crippen LogP contribution in [-0.2, 0) is 0 Å². The Balaban J connectivity index is 2.23. The molecule has 5 heteroatoms. The maximum absolute atomic E-state index is 5.81. The third kappa shape index (κ3) is 3.19. The van der Waals surface area contributed by atoms with Gasteiger partial charge in [-0.3, -0.25) is 4.98 Å². The van der Waals surface area contributed by atoms with Gasteiger partial charge < -0.3 is 10.1 Å². The molecule has 0 saturated carbocycles. The lowest BCUT2D eigenvalue weighted by Crippen LogP contribution is -2.05. The van der Waals surface area contributed by atoms with Gasteiger partial charge in [0.2, 0.25) is 5.88 Å². The van der Waals surface area contributed by atoms with Crippen molar-refractivity contribution >= 4 is 5.82 Å². The van der Waals surface area contributed by atoms with E-state index in [0.717, 1.165) is 30.0 Å². The van der Waals surface area contributed by atoms with Crippen molar-refractivity contribution < 1.29 is 4.74 Å². The Morgan fingerprint density at radius 1 is 1.21 bits per heavy atom. The minimum absolute atomic E-state index is 0.560. The lowest BCUT2D eigenvalue weighted by atomic mass is 10.3. The lowest BCUT2D eigenvalue weighted by molar-refractivity contribution is 0.451. The molecule has 1 N–H and O–H groups in total. The number of nitrogens with zero attached hydrogens (tertiary/aromatic N) is 3. The first-order valence-electron chi connectivity index (χ1n) is 6.37. The van der Waals surface area contributed by atoms with Gasteiger partial charge in [0.25, 0.3) is 0 Å². The molecular formula is C14H18N4O. The van der Waals surface area contributed by atoms with Crippen molar-refractivity contribution in [2.45, 2.75) is 27.2 Å². The van der Waals surface area contributed by atoms with Crippen molar-refractivity contribution in [2.75, 3.05) is 11.9 Å². The van der Waals surface area contributed by atoms with Crippen LogP contribution in [0.25, 0.3) is 0 Å². The summed E-state index contributed by atoms with van der Waals surface area (Å²) >= 11 is 0. The highest BCUT2D eigenvalue weighted by atomic mass is 16.5. The first-order valence-corrected chi connectivity index (χ1v) is 6.37. The summed E-state index contributed by atoms with van der Waals surface area (Å²) in [6, 6.07) is 3.72. The molecule has 0 saturated heterocycles. The number of nitrogens with one attached hydrogen (secondary N) is 1. The van der Waals surface area contributed by atoms with Gasteiger partial charge in [0.1, 0.15) is 12.1 Å². The summed E-state index contributed by atoms with van der Waals surface area (Å²) in [6.07, 6.45) is 4.29. The van der Waals surface area contributed by atoms with E-state index in [1.807, 2.05) is 26.0 Å². The summed E-state index contributed by atoms with van der Waals surface area (Å²) in [5, 5.41) is 3.26. The molecule has 0 aliphatic carbocycles. The number of hydrogen-bond acceptors (Lipinski definition) is 5. The van der Waals surface area contributed by atoms with E-state index in [-0.39, 0.29) is 0 Å². The molecule has 0 aliphatic heterocycles. The molecule has 0 radical (unpaired) electrons. The summed E-state index contributed by atoms with van der Waals surface area (Å²) in [5.74, 6) is 2.09. The van der Waals surface area contributed by atoms with Gasteiger partial charge in [-0.1, -0.05) is 6.92 Å². The molecule has 5 nitrogen and oxygen atoms in total. The Labute approximate surface area is 113 Å². The van der Waals surface area contributed by atoms with Crippen LogP contribution in [0.3, 0.4) is 0 Å². The standard InChI is InChI=1S/C14H18N4O/c1-4-7-16-13-10(2)14(18-9-17-13)19-12-6-5-8-15-11(12)3/h5-6,8-9H,4,7H2,1-3H3,(H,16,17,18). The predicted octanol–water partition coefficient (Wildman–Crippen LogP) is 3.10. The fourth-order valence-corrected chi connectivity index (χ4v) is 1.64. The van der Waals surface area contributed by atoms with Crippen molar-refractivity contribution in [3.63, 3.8) is 0 Å².